The molecule has 0 fully saturated rings. The zero-order valence-corrected chi connectivity index (χ0v) is 10.6. The average Bonchev–Trinajstić information content (AvgIpc) is 2.20. The third-order valence-corrected chi connectivity index (χ3v) is 3.26. The maximum atomic E-state index is 5.99. The van der Waals surface area contributed by atoms with Crippen molar-refractivity contribution < 1.29 is 0 Å². The van der Waals surface area contributed by atoms with Crippen LogP contribution in [0, 0.1) is 6.92 Å². The van der Waals surface area contributed by atoms with E-state index in [0.717, 1.165) is 5.03 Å². The first-order valence-corrected chi connectivity index (χ1v) is 6.02. The molecule has 82 valence electrons. The van der Waals surface area contributed by atoms with Crippen molar-refractivity contribution in [3.8, 4) is 0 Å². The molecule has 6 heteroatoms. The van der Waals surface area contributed by atoms with Gasteiger partial charge in [0.1, 0.15) is 21.0 Å². The quantitative estimate of drug-likeness (QED) is 0.782. The first-order valence-electron chi connectivity index (χ1n) is 4.45. The van der Waals surface area contributed by atoms with Gasteiger partial charge in [0, 0.05) is 12.3 Å². The van der Waals surface area contributed by atoms with Crippen LogP contribution in [0.25, 0.3) is 0 Å². The molecule has 3 nitrogen and oxygen atoms in total. The minimum Gasteiger partial charge on any atom is -0.248 e. The third-order valence-electron chi connectivity index (χ3n) is 1.71. The van der Waals surface area contributed by atoms with Crippen LogP contribution in [0.5, 0.6) is 0 Å². The monoisotopic (exact) mass is 271 g/mol. The van der Waals surface area contributed by atoms with E-state index in [2.05, 4.69) is 15.0 Å². The lowest BCUT2D eigenvalue weighted by atomic mass is 10.5. The number of nitrogens with zero attached hydrogens (tertiary/aromatic N) is 3. The molecule has 0 atom stereocenters. The zero-order chi connectivity index (χ0) is 11.5. The molecule has 0 saturated heterocycles. The molecule has 0 aliphatic carbocycles. The van der Waals surface area contributed by atoms with Crippen molar-refractivity contribution in [2.45, 2.75) is 17.0 Å². The second-order valence-electron chi connectivity index (χ2n) is 2.97. The summed E-state index contributed by atoms with van der Waals surface area (Å²) in [6, 6.07) is 5.25. The Kier molecular flexibility index (Phi) is 3.63. The molecule has 2 aromatic heterocycles. The van der Waals surface area contributed by atoms with Crippen LogP contribution in [0.3, 0.4) is 0 Å². The van der Waals surface area contributed by atoms with Gasteiger partial charge in [0.2, 0.25) is 0 Å². The lowest BCUT2D eigenvalue weighted by Gasteiger charge is -2.03. The molecule has 0 radical (unpaired) electrons. The Morgan fingerprint density at radius 1 is 1.25 bits per heavy atom. The van der Waals surface area contributed by atoms with Gasteiger partial charge in [-0.25, -0.2) is 15.0 Å². The van der Waals surface area contributed by atoms with E-state index in [1.807, 2.05) is 0 Å². The predicted octanol–water partition coefficient (Wildman–Crippen LogP) is 3.64. The van der Waals surface area contributed by atoms with E-state index in [4.69, 9.17) is 23.2 Å². The van der Waals surface area contributed by atoms with Crippen LogP contribution in [0.15, 0.2) is 34.4 Å². The summed E-state index contributed by atoms with van der Waals surface area (Å²) in [5.74, 6) is 0.627. The van der Waals surface area contributed by atoms with E-state index in [1.165, 1.54) is 11.8 Å². The molecule has 0 spiro atoms. The molecule has 0 aliphatic rings. The van der Waals surface area contributed by atoms with Crippen molar-refractivity contribution in [2.24, 2.45) is 0 Å². The van der Waals surface area contributed by atoms with Crippen LogP contribution < -0.4 is 0 Å². The average molecular weight is 272 g/mol. The minimum absolute atomic E-state index is 0.419. The molecule has 0 bridgehead atoms. The summed E-state index contributed by atoms with van der Waals surface area (Å²) in [5.41, 5.74) is 0. The molecule has 0 saturated carbocycles. The molecule has 16 heavy (non-hydrogen) atoms. The molecular weight excluding hydrogens is 265 g/mol. The standard InChI is InChI=1S/C10H7Cl2N3S/c1-6-14-8(12)5-9(15-6)16-10-7(11)3-2-4-13-10/h2-5H,1H3. The molecule has 0 N–H and O–H groups in total. The molecule has 2 aromatic rings. The third kappa shape index (κ3) is 2.84. The largest absolute Gasteiger partial charge is 0.248 e. The fourth-order valence-corrected chi connectivity index (χ4v) is 2.46. The van der Waals surface area contributed by atoms with Crippen molar-refractivity contribution in [1.29, 1.82) is 0 Å². The summed E-state index contributed by atoms with van der Waals surface area (Å²) in [5, 5.41) is 2.46. The van der Waals surface area contributed by atoms with Crippen molar-refractivity contribution >= 4 is 35.0 Å². The summed E-state index contributed by atoms with van der Waals surface area (Å²) in [7, 11) is 0. The topological polar surface area (TPSA) is 38.7 Å². The highest BCUT2D eigenvalue weighted by Crippen LogP contribution is 2.30. The van der Waals surface area contributed by atoms with Gasteiger partial charge < -0.3 is 0 Å². The lowest BCUT2D eigenvalue weighted by molar-refractivity contribution is 0.964. The smallest absolute Gasteiger partial charge is 0.133 e. The molecule has 0 aliphatic heterocycles. The van der Waals surface area contributed by atoms with Crippen LogP contribution in [-0.4, -0.2) is 15.0 Å². The number of aryl methyl sites for hydroxylation is 1. The fourth-order valence-electron chi connectivity index (χ4n) is 1.10. The number of rotatable bonds is 2. The normalized spacial score (nSPS) is 10.4. The van der Waals surface area contributed by atoms with Gasteiger partial charge in [-0.3, -0.25) is 0 Å². The summed E-state index contributed by atoms with van der Waals surface area (Å²) in [4.78, 5) is 12.4. The van der Waals surface area contributed by atoms with Crippen molar-refractivity contribution in [3.63, 3.8) is 0 Å². The Balaban J connectivity index is 2.30. The Bertz CT molecular complexity index is 499. The van der Waals surface area contributed by atoms with Gasteiger partial charge in [0.25, 0.3) is 0 Å². The summed E-state index contributed by atoms with van der Waals surface area (Å²) >= 11 is 13.2. The minimum atomic E-state index is 0.419. The number of pyridine rings is 1. The molecule has 0 amide bonds. The SMILES string of the molecule is Cc1nc(Cl)cc(Sc2ncccc2Cl)n1. The number of aromatic nitrogens is 3. The van der Waals surface area contributed by atoms with Gasteiger partial charge in [0.15, 0.2) is 0 Å². The van der Waals surface area contributed by atoms with Crippen molar-refractivity contribution in [2.75, 3.05) is 0 Å². The highest BCUT2D eigenvalue weighted by molar-refractivity contribution is 7.99. The van der Waals surface area contributed by atoms with E-state index < -0.39 is 0 Å². The zero-order valence-electron chi connectivity index (χ0n) is 8.32. The number of hydrogen-bond acceptors (Lipinski definition) is 4. The fraction of sp³-hybridized carbons (Fsp3) is 0.100. The highest BCUT2D eigenvalue weighted by Gasteiger charge is 2.06. The van der Waals surface area contributed by atoms with Gasteiger partial charge in [-0.05, 0) is 30.8 Å². The van der Waals surface area contributed by atoms with E-state index in [9.17, 15) is 0 Å². The predicted molar refractivity (Wildman–Crippen MR) is 65.1 cm³/mol. The van der Waals surface area contributed by atoms with Gasteiger partial charge in [-0.15, -0.1) is 0 Å². The number of halogens is 2. The molecule has 2 rings (SSSR count). The van der Waals surface area contributed by atoms with Crippen LogP contribution in [0.2, 0.25) is 10.2 Å². The van der Waals surface area contributed by atoms with E-state index in [1.54, 1.807) is 31.3 Å². The maximum Gasteiger partial charge on any atom is 0.133 e. The summed E-state index contributed by atoms with van der Waals surface area (Å²) < 4.78 is 0. The highest BCUT2D eigenvalue weighted by atomic mass is 35.5. The van der Waals surface area contributed by atoms with Crippen molar-refractivity contribution in [1.82, 2.24) is 15.0 Å². The van der Waals surface area contributed by atoms with Crippen LogP contribution >= 0.6 is 35.0 Å². The van der Waals surface area contributed by atoms with Crippen LogP contribution in [0.4, 0.5) is 0 Å². The number of hydrogen-bond donors (Lipinski definition) is 0. The Labute approximate surface area is 107 Å². The second kappa shape index (κ2) is 4.99. The van der Waals surface area contributed by atoms with E-state index in [-0.39, 0.29) is 0 Å². The maximum absolute atomic E-state index is 5.99. The molecule has 0 aromatic carbocycles. The lowest BCUT2D eigenvalue weighted by Crippen LogP contribution is -1.90. The van der Waals surface area contributed by atoms with Crippen molar-refractivity contribution in [3.05, 3.63) is 40.4 Å². The first-order chi connectivity index (χ1) is 7.65. The van der Waals surface area contributed by atoms with Crippen LogP contribution in [-0.2, 0) is 0 Å². The second-order valence-corrected chi connectivity index (χ2v) is 4.77. The molecule has 2 heterocycles. The Hall–Kier alpha value is -0.840. The first kappa shape index (κ1) is 11.6. The Morgan fingerprint density at radius 2 is 2.06 bits per heavy atom. The van der Waals surface area contributed by atoms with Gasteiger partial charge in [0.05, 0.1) is 5.02 Å². The van der Waals surface area contributed by atoms with Gasteiger partial charge >= 0.3 is 0 Å². The van der Waals surface area contributed by atoms with Gasteiger partial charge in [-0.2, -0.15) is 0 Å². The van der Waals surface area contributed by atoms with Crippen LogP contribution in [0.1, 0.15) is 5.82 Å². The van der Waals surface area contributed by atoms with E-state index >= 15 is 0 Å². The Morgan fingerprint density at radius 3 is 2.75 bits per heavy atom. The summed E-state index contributed by atoms with van der Waals surface area (Å²) in [6.07, 6.45) is 1.68. The molecular formula is C10H7Cl2N3S. The summed E-state index contributed by atoms with van der Waals surface area (Å²) in [6.45, 7) is 1.79. The van der Waals surface area contributed by atoms with Gasteiger partial charge in [-0.1, -0.05) is 23.2 Å². The van der Waals surface area contributed by atoms with E-state index in [0.29, 0.717) is 21.0 Å². The molecule has 0 unspecified atom stereocenters.